The standard InChI is InChI=1S/C25H32N4O/c1-7-22(27-20-12-13-20)23(18(4)26)24(19-10-8-16(2)9-11-19)29(6)21-14-17(3)25(30)28(5)15-21/h7-11,14-15,20,24,26-27H,1,12-13H2,2-6H3/b23-22+,26-18?. The molecular weight excluding hydrogens is 372 g/mol. The molecule has 1 aliphatic rings. The SMILES string of the molecule is C=C/C(NC1CC1)=C(/C(C)=N)C(c1ccc(C)cc1)N(C)c1cc(C)c(=O)n(C)c1. The fraction of sp³-hybridized carbons (Fsp3) is 0.360. The van der Waals surface area contributed by atoms with Crippen molar-refractivity contribution in [1.29, 1.82) is 5.41 Å². The van der Waals surface area contributed by atoms with Crippen molar-refractivity contribution in [1.82, 2.24) is 9.88 Å². The average molecular weight is 405 g/mol. The first-order valence-corrected chi connectivity index (χ1v) is 10.4. The van der Waals surface area contributed by atoms with Crippen LogP contribution >= 0.6 is 0 Å². The zero-order valence-corrected chi connectivity index (χ0v) is 18.6. The van der Waals surface area contributed by atoms with Crippen molar-refractivity contribution in [3.8, 4) is 0 Å². The molecule has 1 unspecified atom stereocenters. The van der Waals surface area contributed by atoms with Crippen molar-refractivity contribution in [3.63, 3.8) is 0 Å². The summed E-state index contributed by atoms with van der Waals surface area (Å²) in [6, 6.07) is 10.6. The van der Waals surface area contributed by atoms with Gasteiger partial charge in [0.15, 0.2) is 0 Å². The molecule has 2 aromatic rings. The maximum Gasteiger partial charge on any atom is 0.253 e. The largest absolute Gasteiger partial charge is 0.382 e. The molecule has 5 nitrogen and oxygen atoms in total. The van der Waals surface area contributed by atoms with Crippen LogP contribution in [0.5, 0.6) is 0 Å². The third-order valence-corrected chi connectivity index (χ3v) is 5.64. The Morgan fingerprint density at radius 3 is 2.43 bits per heavy atom. The van der Waals surface area contributed by atoms with Crippen LogP contribution in [0.3, 0.4) is 0 Å². The van der Waals surface area contributed by atoms with E-state index in [4.69, 9.17) is 5.41 Å². The van der Waals surface area contributed by atoms with Gasteiger partial charge in [-0.1, -0.05) is 36.4 Å². The van der Waals surface area contributed by atoms with E-state index in [1.165, 1.54) is 5.56 Å². The van der Waals surface area contributed by atoms with Gasteiger partial charge in [0.1, 0.15) is 0 Å². The van der Waals surface area contributed by atoms with Crippen LogP contribution in [0.1, 0.15) is 42.5 Å². The number of hydrogen-bond acceptors (Lipinski definition) is 4. The van der Waals surface area contributed by atoms with Gasteiger partial charge in [0, 0.05) is 48.9 Å². The third-order valence-electron chi connectivity index (χ3n) is 5.64. The molecule has 1 fully saturated rings. The lowest BCUT2D eigenvalue weighted by Crippen LogP contribution is -2.32. The molecule has 158 valence electrons. The number of nitrogens with zero attached hydrogens (tertiary/aromatic N) is 2. The smallest absolute Gasteiger partial charge is 0.253 e. The Bertz CT molecular complexity index is 1020. The molecule has 1 saturated carbocycles. The molecule has 0 saturated heterocycles. The summed E-state index contributed by atoms with van der Waals surface area (Å²) < 4.78 is 1.62. The Labute approximate surface area is 179 Å². The number of rotatable bonds is 8. The Balaban J connectivity index is 2.20. The molecule has 0 amide bonds. The summed E-state index contributed by atoms with van der Waals surface area (Å²) in [6.45, 7) is 9.76. The first-order valence-electron chi connectivity index (χ1n) is 10.4. The van der Waals surface area contributed by atoms with Gasteiger partial charge >= 0.3 is 0 Å². The van der Waals surface area contributed by atoms with Crippen molar-refractivity contribution in [2.24, 2.45) is 7.05 Å². The maximum absolute atomic E-state index is 12.2. The topological polar surface area (TPSA) is 61.1 Å². The Morgan fingerprint density at radius 1 is 1.30 bits per heavy atom. The molecule has 1 aromatic carbocycles. The summed E-state index contributed by atoms with van der Waals surface area (Å²) in [4.78, 5) is 14.4. The van der Waals surface area contributed by atoms with Crippen LogP contribution in [0.25, 0.3) is 0 Å². The number of aromatic nitrogens is 1. The Morgan fingerprint density at radius 2 is 1.93 bits per heavy atom. The van der Waals surface area contributed by atoms with Crippen LogP contribution in [0, 0.1) is 19.3 Å². The first-order chi connectivity index (χ1) is 14.2. The van der Waals surface area contributed by atoms with Crippen molar-refractivity contribution >= 4 is 11.4 Å². The number of nitrogens with one attached hydrogen (secondary N) is 2. The average Bonchev–Trinajstić information content (AvgIpc) is 3.52. The van der Waals surface area contributed by atoms with E-state index in [2.05, 4.69) is 48.0 Å². The number of aryl methyl sites for hydroxylation is 3. The van der Waals surface area contributed by atoms with Crippen molar-refractivity contribution in [2.75, 3.05) is 11.9 Å². The van der Waals surface area contributed by atoms with Crippen LogP contribution in [0.2, 0.25) is 0 Å². The summed E-state index contributed by atoms with van der Waals surface area (Å²) in [5.41, 5.74) is 6.20. The van der Waals surface area contributed by atoms with Crippen LogP contribution in [-0.4, -0.2) is 23.4 Å². The quantitative estimate of drug-likeness (QED) is 0.506. The molecule has 0 bridgehead atoms. The molecule has 1 atom stereocenters. The zero-order valence-electron chi connectivity index (χ0n) is 18.6. The van der Waals surface area contributed by atoms with Crippen LogP contribution in [0.15, 0.2) is 65.2 Å². The second kappa shape index (κ2) is 8.74. The number of anilines is 1. The lowest BCUT2D eigenvalue weighted by molar-refractivity contribution is 0.739. The molecule has 1 aromatic heterocycles. The van der Waals surface area contributed by atoms with Crippen LogP contribution in [0.4, 0.5) is 5.69 Å². The molecule has 2 N–H and O–H groups in total. The maximum atomic E-state index is 12.2. The second-order valence-electron chi connectivity index (χ2n) is 8.30. The number of benzene rings is 1. The number of likely N-dealkylation sites (N-methyl/N-ethyl adjacent to an activating group) is 1. The monoisotopic (exact) mass is 404 g/mol. The number of hydrogen-bond donors (Lipinski definition) is 2. The van der Waals surface area contributed by atoms with Crippen molar-refractivity contribution < 1.29 is 0 Å². The number of pyridine rings is 1. The summed E-state index contributed by atoms with van der Waals surface area (Å²) in [5, 5.41) is 12.2. The highest BCUT2D eigenvalue weighted by atomic mass is 16.1. The summed E-state index contributed by atoms with van der Waals surface area (Å²) in [7, 11) is 3.79. The van der Waals surface area contributed by atoms with Crippen LogP contribution < -0.4 is 15.8 Å². The molecule has 5 heteroatoms. The van der Waals surface area contributed by atoms with E-state index in [-0.39, 0.29) is 11.6 Å². The van der Waals surface area contributed by atoms with Crippen molar-refractivity contribution in [3.05, 3.63) is 87.5 Å². The molecule has 30 heavy (non-hydrogen) atoms. The summed E-state index contributed by atoms with van der Waals surface area (Å²) in [6.07, 6.45) is 5.97. The fourth-order valence-corrected chi connectivity index (χ4v) is 3.78. The molecular formula is C25H32N4O. The molecule has 3 rings (SSSR count). The molecule has 0 spiro atoms. The highest BCUT2D eigenvalue weighted by Gasteiger charge is 2.29. The lowest BCUT2D eigenvalue weighted by Gasteiger charge is -2.34. The van der Waals surface area contributed by atoms with E-state index in [1.807, 2.05) is 39.2 Å². The van der Waals surface area contributed by atoms with Gasteiger partial charge in [-0.25, -0.2) is 0 Å². The molecule has 0 radical (unpaired) electrons. The summed E-state index contributed by atoms with van der Waals surface area (Å²) in [5.74, 6) is 0. The van der Waals surface area contributed by atoms with Gasteiger partial charge in [0.05, 0.1) is 11.7 Å². The predicted molar refractivity (Wildman–Crippen MR) is 126 cm³/mol. The van der Waals surface area contributed by atoms with E-state index >= 15 is 0 Å². The van der Waals surface area contributed by atoms with Crippen molar-refractivity contribution in [2.45, 2.75) is 45.7 Å². The van der Waals surface area contributed by atoms with Crippen LogP contribution in [-0.2, 0) is 7.05 Å². The molecule has 1 heterocycles. The summed E-state index contributed by atoms with van der Waals surface area (Å²) >= 11 is 0. The Kier molecular flexibility index (Phi) is 6.30. The number of allylic oxidation sites excluding steroid dienone is 1. The normalized spacial score (nSPS) is 15.2. The van der Waals surface area contributed by atoms with Gasteiger partial charge in [0.2, 0.25) is 0 Å². The van der Waals surface area contributed by atoms with E-state index < -0.39 is 0 Å². The minimum Gasteiger partial charge on any atom is -0.382 e. The minimum atomic E-state index is -0.195. The highest BCUT2D eigenvalue weighted by molar-refractivity contribution is 5.98. The van der Waals surface area contributed by atoms with Gasteiger partial charge in [-0.15, -0.1) is 0 Å². The van der Waals surface area contributed by atoms with E-state index in [9.17, 15) is 4.79 Å². The lowest BCUT2D eigenvalue weighted by atomic mass is 9.91. The zero-order chi connectivity index (χ0) is 22.0. The van der Waals surface area contributed by atoms with E-state index in [0.29, 0.717) is 17.3 Å². The first kappa shape index (κ1) is 21.6. The Hall–Kier alpha value is -3.08. The molecule has 1 aliphatic carbocycles. The van der Waals surface area contributed by atoms with Gasteiger partial charge in [-0.3, -0.25) is 4.79 Å². The van der Waals surface area contributed by atoms with Gasteiger partial charge < -0.3 is 20.2 Å². The predicted octanol–water partition coefficient (Wildman–Crippen LogP) is 4.41. The van der Waals surface area contributed by atoms with E-state index in [1.54, 1.807) is 11.6 Å². The van der Waals surface area contributed by atoms with Gasteiger partial charge in [-0.2, -0.15) is 0 Å². The highest BCUT2D eigenvalue weighted by Crippen LogP contribution is 2.35. The molecule has 0 aliphatic heterocycles. The minimum absolute atomic E-state index is 0.000201. The third kappa shape index (κ3) is 4.56. The van der Waals surface area contributed by atoms with E-state index in [0.717, 1.165) is 35.4 Å². The fourth-order valence-electron chi connectivity index (χ4n) is 3.78. The van der Waals surface area contributed by atoms with Gasteiger partial charge in [-0.05, 0) is 51.3 Å². The second-order valence-corrected chi connectivity index (χ2v) is 8.30. The van der Waals surface area contributed by atoms with Gasteiger partial charge in [0.25, 0.3) is 5.56 Å².